The summed E-state index contributed by atoms with van der Waals surface area (Å²) in [6, 6.07) is 9.83. The van der Waals surface area contributed by atoms with Crippen LogP contribution < -0.4 is 11.1 Å². The number of nitrogens with one attached hydrogen (secondary N) is 1. The Balaban J connectivity index is 2.37. The van der Waals surface area contributed by atoms with Crippen LogP contribution in [-0.4, -0.2) is 0 Å². The van der Waals surface area contributed by atoms with Crippen molar-refractivity contribution >= 4 is 44.6 Å². The maximum atomic E-state index is 6.04. The molecule has 0 aliphatic rings. The Morgan fingerprint density at radius 1 is 1.06 bits per heavy atom. The first-order chi connectivity index (χ1) is 8.47. The van der Waals surface area contributed by atoms with Crippen molar-refractivity contribution in [2.75, 3.05) is 11.1 Å². The molecule has 94 valence electrons. The van der Waals surface area contributed by atoms with Crippen LogP contribution in [0.2, 0.25) is 5.02 Å². The van der Waals surface area contributed by atoms with E-state index < -0.39 is 0 Å². The van der Waals surface area contributed by atoms with Gasteiger partial charge in [0, 0.05) is 15.8 Å². The molecule has 0 amide bonds. The summed E-state index contributed by atoms with van der Waals surface area (Å²) in [5, 5.41) is 3.94. The lowest BCUT2D eigenvalue weighted by molar-refractivity contribution is 1.38. The van der Waals surface area contributed by atoms with Gasteiger partial charge >= 0.3 is 0 Å². The van der Waals surface area contributed by atoms with Crippen molar-refractivity contribution in [3.05, 3.63) is 51.0 Å². The molecule has 0 bridgehead atoms. The van der Waals surface area contributed by atoms with Crippen molar-refractivity contribution < 1.29 is 0 Å². The van der Waals surface area contributed by atoms with Gasteiger partial charge < -0.3 is 11.1 Å². The van der Waals surface area contributed by atoms with E-state index in [9.17, 15) is 0 Å². The first kappa shape index (κ1) is 13.2. The summed E-state index contributed by atoms with van der Waals surface area (Å²) in [7, 11) is 0. The number of hydrogen-bond acceptors (Lipinski definition) is 2. The quantitative estimate of drug-likeness (QED) is 0.759. The molecule has 0 spiro atoms. The van der Waals surface area contributed by atoms with Gasteiger partial charge in [-0.15, -0.1) is 0 Å². The number of rotatable bonds is 2. The van der Waals surface area contributed by atoms with E-state index in [0.717, 1.165) is 27.0 Å². The minimum atomic E-state index is 0.567. The zero-order valence-corrected chi connectivity index (χ0v) is 12.6. The lowest BCUT2D eigenvalue weighted by Crippen LogP contribution is -1.97. The first-order valence-corrected chi connectivity index (χ1v) is 6.73. The molecule has 18 heavy (non-hydrogen) atoms. The third kappa shape index (κ3) is 2.79. The highest BCUT2D eigenvalue weighted by atomic mass is 79.9. The summed E-state index contributed by atoms with van der Waals surface area (Å²) >= 11 is 9.50. The van der Waals surface area contributed by atoms with Crippen molar-refractivity contribution in [2.45, 2.75) is 13.8 Å². The molecule has 0 unspecified atom stereocenters. The molecule has 0 heterocycles. The van der Waals surface area contributed by atoms with Gasteiger partial charge in [0.1, 0.15) is 0 Å². The van der Waals surface area contributed by atoms with Crippen LogP contribution in [0.5, 0.6) is 0 Å². The van der Waals surface area contributed by atoms with Gasteiger partial charge in [0.25, 0.3) is 0 Å². The molecule has 0 saturated heterocycles. The molecule has 2 aromatic rings. The minimum Gasteiger partial charge on any atom is -0.398 e. The van der Waals surface area contributed by atoms with E-state index in [4.69, 9.17) is 17.3 Å². The summed E-state index contributed by atoms with van der Waals surface area (Å²) in [6.45, 7) is 4.06. The number of nitrogen functional groups attached to an aromatic ring is 1. The van der Waals surface area contributed by atoms with E-state index in [1.165, 1.54) is 0 Å². The van der Waals surface area contributed by atoms with Crippen LogP contribution in [0.1, 0.15) is 11.1 Å². The number of hydrogen-bond donors (Lipinski definition) is 2. The lowest BCUT2D eigenvalue weighted by atomic mass is 10.1. The largest absolute Gasteiger partial charge is 0.398 e. The smallest absolute Gasteiger partial charge is 0.0656 e. The van der Waals surface area contributed by atoms with Crippen LogP contribution in [0.15, 0.2) is 34.8 Å². The molecule has 0 saturated carbocycles. The predicted octanol–water partition coefficient (Wildman–Crippen LogP) is 5.05. The maximum Gasteiger partial charge on any atom is 0.0656 e. The zero-order chi connectivity index (χ0) is 13.3. The third-order valence-electron chi connectivity index (χ3n) is 2.80. The van der Waals surface area contributed by atoms with E-state index in [2.05, 4.69) is 34.2 Å². The molecule has 0 aliphatic carbocycles. The average molecular weight is 326 g/mol. The Bertz CT molecular complexity index is 597. The topological polar surface area (TPSA) is 38.0 Å². The Labute approximate surface area is 120 Å². The molecule has 2 nitrogen and oxygen atoms in total. The van der Waals surface area contributed by atoms with Crippen molar-refractivity contribution in [1.29, 1.82) is 0 Å². The lowest BCUT2D eigenvalue weighted by Gasteiger charge is -2.13. The van der Waals surface area contributed by atoms with Gasteiger partial charge in [-0.25, -0.2) is 0 Å². The van der Waals surface area contributed by atoms with Gasteiger partial charge in [-0.3, -0.25) is 0 Å². The van der Waals surface area contributed by atoms with Crippen molar-refractivity contribution in [3.63, 3.8) is 0 Å². The molecular weight excluding hydrogens is 312 g/mol. The van der Waals surface area contributed by atoms with E-state index >= 15 is 0 Å². The second-order valence-electron chi connectivity index (χ2n) is 4.27. The second-order valence-corrected chi connectivity index (χ2v) is 5.60. The fraction of sp³-hybridized carbons (Fsp3) is 0.143. The monoisotopic (exact) mass is 324 g/mol. The molecule has 3 N–H and O–H groups in total. The molecule has 0 aliphatic heterocycles. The van der Waals surface area contributed by atoms with E-state index in [0.29, 0.717) is 10.7 Å². The molecule has 4 heteroatoms. The maximum absolute atomic E-state index is 6.04. The van der Waals surface area contributed by atoms with Gasteiger partial charge in [0.15, 0.2) is 0 Å². The van der Waals surface area contributed by atoms with Crippen molar-refractivity contribution in [1.82, 2.24) is 0 Å². The number of benzene rings is 2. The van der Waals surface area contributed by atoms with Gasteiger partial charge in [0.05, 0.1) is 10.7 Å². The highest BCUT2D eigenvalue weighted by Crippen LogP contribution is 2.30. The molecule has 0 fully saturated rings. The first-order valence-electron chi connectivity index (χ1n) is 5.56. The standard InChI is InChI=1S/C14H14BrClN2/c1-8-5-10(15)3-4-13(8)18-14-7-11(16)12(17)6-9(14)2/h3-7,18H,17H2,1-2H3. The Hall–Kier alpha value is -1.19. The third-order valence-corrected chi connectivity index (χ3v) is 3.62. The fourth-order valence-electron chi connectivity index (χ4n) is 1.75. The summed E-state index contributed by atoms with van der Waals surface area (Å²) in [6.07, 6.45) is 0. The van der Waals surface area contributed by atoms with Crippen LogP contribution in [0.4, 0.5) is 17.1 Å². The minimum absolute atomic E-state index is 0.567. The number of aryl methyl sites for hydroxylation is 2. The molecule has 0 atom stereocenters. The predicted molar refractivity (Wildman–Crippen MR) is 82.8 cm³/mol. The van der Waals surface area contributed by atoms with E-state index in [1.807, 2.05) is 31.2 Å². The number of anilines is 3. The number of nitrogens with two attached hydrogens (primary N) is 1. The van der Waals surface area contributed by atoms with E-state index in [1.54, 1.807) is 0 Å². The van der Waals surface area contributed by atoms with Gasteiger partial charge in [-0.05, 0) is 55.3 Å². The van der Waals surface area contributed by atoms with Gasteiger partial charge in [-0.2, -0.15) is 0 Å². The van der Waals surface area contributed by atoms with Gasteiger partial charge in [0.2, 0.25) is 0 Å². The molecule has 0 radical (unpaired) electrons. The van der Waals surface area contributed by atoms with Gasteiger partial charge in [-0.1, -0.05) is 27.5 Å². The molecular formula is C14H14BrClN2. The highest BCUT2D eigenvalue weighted by Gasteiger charge is 2.05. The summed E-state index contributed by atoms with van der Waals surface area (Å²) in [4.78, 5) is 0. The van der Waals surface area contributed by atoms with Crippen molar-refractivity contribution in [3.8, 4) is 0 Å². The summed E-state index contributed by atoms with van der Waals surface area (Å²) in [5.74, 6) is 0. The summed E-state index contributed by atoms with van der Waals surface area (Å²) < 4.78 is 1.07. The molecule has 0 aromatic heterocycles. The molecule has 2 aromatic carbocycles. The highest BCUT2D eigenvalue weighted by molar-refractivity contribution is 9.10. The zero-order valence-electron chi connectivity index (χ0n) is 10.2. The van der Waals surface area contributed by atoms with Crippen LogP contribution in [0.25, 0.3) is 0 Å². The van der Waals surface area contributed by atoms with Crippen molar-refractivity contribution in [2.24, 2.45) is 0 Å². The Kier molecular flexibility index (Phi) is 3.83. The van der Waals surface area contributed by atoms with E-state index in [-0.39, 0.29) is 0 Å². The Morgan fingerprint density at radius 2 is 1.72 bits per heavy atom. The second kappa shape index (κ2) is 5.21. The molecule has 2 rings (SSSR count). The van der Waals surface area contributed by atoms with Crippen LogP contribution in [0, 0.1) is 13.8 Å². The SMILES string of the molecule is Cc1cc(Br)ccc1Nc1cc(Cl)c(N)cc1C. The number of halogens is 2. The van der Waals surface area contributed by atoms with Crippen LogP contribution in [-0.2, 0) is 0 Å². The Morgan fingerprint density at radius 3 is 2.39 bits per heavy atom. The fourth-order valence-corrected chi connectivity index (χ4v) is 2.39. The van der Waals surface area contributed by atoms with Crippen LogP contribution in [0.3, 0.4) is 0 Å². The van der Waals surface area contributed by atoms with Crippen LogP contribution >= 0.6 is 27.5 Å². The average Bonchev–Trinajstić information content (AvgIpc) is 2.29. The summed E-state index contributed by atoms with van der Waals surface area (Å²) in [5.41, 5.74) is 10.6. The normalized spacial score (nSPS) is 10.4.